The minimum atomic E-state index is 0.0435. The highest BCUT2D eigenvalue weighted by Crippen LogP contribution is 2.13. The van der Waals surface area contributed by atoms with Gasteiger partial charge in [0.05, 0.1) is 0 Å². The van der Waals surface area contributed by atoms with E-state index < -0.39 is 0 Å². The molecule has 110 valence electrons. The fourth-order valence-corrected chi connectivity index (χ4v) is 1.71. The number of rotatable bonds is 8. The highest BCUT2D eigenvalue weighted by Gasteiger charge is 2.04. The number of hydrogen-bond acceptors (Lipinski definition) is 4. The molecule has 0 unspecified atom stereocenters. The zero-order valence-electron chi connectivity index (χ0n) is 11.9. The minimum absolute atomic E-state index is 0.0435. The van der Waals surface area contributed by atoms with E-state index >= 15 is 0 Å². The summed E-state index contributed by atoms with van der Waals surface area (Å²) in [6.07, 6.45) is 0.490. The standard InChI is InChI=1S/C14H21N3O2S/c1-16-13(18)6-7-17(2)8-9-19-12-5-3-4-11(10-12)14(15)20/h3-5,10H,6-9H2,1-2H3,(H2,15,20)(H,16,18). The Labute approximate surface area is 125 Å². The molecule has 0 fully saturated rings. The number of carbonyl (C=O) groups is 1. The first-order chi connectivity index (χ1) is 9.52. The Morgan fingerprint density at radius 1 is 1.45 bits per heavy atom. The van der Waals surface area contributed by atoms with Crippen LogP contribution in [0.3, 0.4) is 0 Å². The topological polar surface area (TPSA) is 67.6 Å². The summed E-state index contributed by atoms with van der Waals surface area (Å²) in [7, 11) is 3.60. The van der Waals surface area contributed by atoms with Gasteiger partial charge >= 0.3 is 0 Å². The highest BCUT2D eigenvalue weighted by atomic mass is 32.1. The summed E-state index contributed by atoms with van der Waals surface area (Å²) in [5, 5.41) is 2.60. The van der Waals surface area contributed by atoms with Crippen molar-refractivity contribution >= 4 is 23.1 Å². The van der Waals surface area contributed by atoms with E-state index in [9.17, 15) is 4.79 Å². The maximum Gasteiger partial charge on any atom is 0.221 e. The molecule has 0 saturated heterocycles. The van der Waals surface area contributed by atoms with E-state index in [0.29, 0.717) is 24.6 Å². The predicted molar refractivity (Wildman–Crippen MR) is 84.0 cm³/mol. The highest BCUT2D eigenvalue weighted by molar-refractivity contribution is 7.80. The van der Waals surface area contributed by atoms with Gasteiger partial charge in [0.25, 0.3) is 0 Å². The number of ether oxygens (including phenoxy) is 1. The number of hydrogen-bond donors (Lipinski definition) is 2. The van der Waals surface area contributed by atoms with Gasteiger partial charge in [0, 0.05) is 32.1 Å². The Bertz CT molecular complexity index is 465. The molecule has 1 amide bonds. The summed E-state index contributed by atoms with van der Waals surface area (Å²) in [4.78, 5) is 13.5. The molecule has 1 aromatic carbocycles. The number of nitrogens with zero attached hydrogens (tertiary/aromatic N) is 1. The Hall–Kier alpha value is -1.66. The SMILES string of the molecule is CNC(=O)CCN(C)CCOc1cccc(C(N)=S)c1. The molecule has 1 rings (SSSR count). The summed E-state index contributed by atoms with van der Waals surface area (Å²) < 4.78 is 5.64. The van der Waals surface area contributed by atoms with Crippen LogP contribution >= 0.6 is 12.2 Å². The summed E-state index contributed by atoms with van der Waals surface area (Å²) in [5.41, 5.74) is 6.37. The predicted octanol–water partition coefficient (Wildman–Crippen LogP) is 0.768. The number of benzene rings is 1. The second-order valence-electron chi connectivity index (χ2n) is 4.47. The lowest BCUT2D eigenvalue weighted by Crippen LogP contribution is -2.29. The third-order valence-electron chi connectivity index (χ3n) is 2.86. The first-order valence-corrected chi connectivity index (χ1v) is 6.85. The van der Waals surface area contributed by atoms with Crippen molar-refractivity contribution in [3.63, 3.8) is 0 Å². The molecular formula is C14H21N3O2S. The molecule has 0 atom stereocenters. The van der Waals surface area contributed by atoms with Crippen molar-refractivity contribution in [1.82, 2.24) is 10.2 Å². The molecule has 0 aliphatic carbocycles. The second kappa shape index (κ2) is 8.50. The lowest BCUT2D eigenvalue weighted by molar-refractivity contribution is -0.120. The van der Waals surface area contributed by atoms with Gasteiger partial charge in [0.15, 0.2) is 0 Å². The molecule has 3 N–H and O–H groups in total. The van der Waals surface area contributed by atoms with Crippen LogP contribution in [0.2, 0.25) is 0 Å². The molecule has 0 aromatic heterocycles. The van der Waals surface area contributed by atoms with E-state index in [1.54, 1.807) is 7.05 Å². The third kappa shape index (κ3) is 5.99. The van der Waals surface area contributed by atoms with Crippen molar-refractivity contribution in [1.29, 1.82) is 0 Å². The van der Waals surface area contributed by atoms with Crippen LogP contribution in [0, 0.1) is 0 Å². The molecule has 1 aromatic rings. The van der Waals surface area contributed by atoms with E-state index in [2.05, 4.69) is 5.32 Å². The van der Waals surface area contributed by atoms with Crippen molar-refractivity contribution in [3.8, 4) is 5.75 Å². The molecule has 5 nitrogen and oxygen atoms in total. The monoisotopic (exact) mass is 295 g/mol. The van der Waals surface area contributed by atoms with Gasteiger partial charge in [-0.3, -0.25) is 4.79 Å². The number of thiocarbonyl (C=S) groups is 1. The minimum Gasteiger partial charge on any atom is -0.492 e. The van der Waals surface area contributed by atoms with Crippen LogP contribution in [-0.2, 0) is 4.79 Å². The van der Waals surface area contributed by atoms with Crippen molar-refractivity contribution in [2.45, 2.75) is 6.42 Å². The zero-order chi connectivity index (χ0) is 15.0. The van der Waals surface area contributed by atoms with Crippen LogP contribution in [0.1, 0.15) is 12.0 Å². The first kappa shape index (κ1) is 16.4. The van der Waals surface area contributed by atoms with E-state index in [4.69, 9.17) is 22.7 Å². The Morgan fingerprint density at radius 3 is 2.85 bits per heavy atom. The van der Waals surface area contributed by atoms with Crippen molar-refractivity contribution in [2.75, 3.05) is 33.8 Å². The number of likely N-dealkylation sites (N-methyl/N-ethyl adjacent to an activating group) is 1. The normalized spacial score (nSPS) is 10.3. The van der Waals surface area contributed by atoms with E-state index in [0.717, 1.165) is 17.9 Å². The molecule has 0 aliphatic rings. The molecule has 6 heteroatoms. The van der Waals surface area contributed by atoms with Crippen LogP contribution in [0.4, 0.5) is 0 Å². The van der Waals surface area contributed by atoms with Crippen molar-refractivity contribution < 1.29 is 9.53 Å². The lowest BCUT2D eigenvalue weighted by atomic mass is 10.2. The maximum absolute atomic E-state index is 11.1. The van der Waals surface area contributed by atoms with Crippen LogP contribution in [0.5, 0.6) is 5.75 Å². The third-order valence-corrected chi connectivity index (χ3v) is 3.10. The largest absolute Gasteiger partial charge is 0.492 e. The smallest absolute Gasteiger partial charge is 0.221 e. The van der Waals surface area contributed by atoms with Gasteiger partial charge in [-0.15, -0.1) is 0 Å². The van der Waals surface area contributed by atoms with Gasteiger partial charge in [0.1, 0.15) is 17.3 Å². The second-order valence-corrected chi connectivity index (χ2v) is 4.91. The zero-order valence-corrected chi connectivity index (χ0v) is 12.7. The number of nitrogens with one attached hydrogen (secondary N) is 1. The van der Waals surface area contributed by atoms with Gasteiger partial charge < -0.3 is 20.7 Å². The Balaban J connectivity index is 2.31. The quantitative estimate of drug-likeness (QED) is 0.693. The van der Waals surface area contributed by atoms with Gasteiger partial charge in [0.2, 0.25) is 5.91 Å². The molecule has 0 heterocycles. The average Bonchev–Trinajstić information content (AvgIpc) is 2.45. The van der Waals surface area contributed by atoms with Gasteiger partial charge in [-0.2, -0.15) is 0 Å². The molecule has 0 saturated carbocycles. The van der Waals surface area contributed by atoms with Gasteiger partial charge in [-0.1, -0.05) is 24.4 Å². The number of carbonyl (C=O) groups excluding carboxylic acids is 1. The summed E-state index contributed by atoms with van der Waals surface area (Å²) in [6.45, 7) is 2.00. The summed E-state index contributed by atoms with van der Waals surface area (Å²) in [6, 6.07) is 7.41. The van der Waals surface area contributed by atoms with E-state index in [-0.39, 0.29) is 5.91 Å². The molecule has 0 spiro atoms. The van der Waals surface area contributed by atoms with Crippen molar-refractivity contribution in [2.24, 2.45) is 5.73 Å². The average molecular weight is 295 g/mol. The fraction of sp³-hybridized carbons (Fsp3) is 0.429. The Morgan fingerprint density at radius 2 is 2.20 bits per heavy atom. The van der Waals surface area contributed by atoms with E-state index in [1.165, 1.54) is 0 Å². The summed E-state index contributed by atoms with van der Waals surface area (Å²) >= 11 is 4.92. The molecule has 20 heavy (non-hydrogen) atoms. The molecule has 0 aliphatic heterocycles. The van der Waals surface area contributed by atoms with E-state index in [1.807, 2.05) is 36.2 Å². The lowest BCUT2D eigenvalue weighted by Gasteiger charge is -2.16. The van der Waals surface area contributed by atoms with Gasteiger partial charge in [-0.05, 0) is 19.2 Å². The van der Waals surface area contributed by atoms with Crippen LogP contribution in [0.15, 0.2) is 24.3 Å². The molecular weight excluding hydrogens is 274 g/mol. The van der Waals surface area contributed by atoms with Crippen molar-refractivity contribution in [3.05, 3.63) is 29.8 Å². The fourth-order valence-electron chi connectivity index (χ4n) is 1.59. The first-order valence-electron chi connectivity index (χ1n) is 6.44. The Kier molecular flexibility index (Phi) is 6.97. The number of nitrogens with two attached hydrogens (primary N) is 1. The maximum atomic E-state index is 11.1. The molecule has 0 radical (unpaired) electrons. The van der Waals surface area contributed by atoms with Crippen LogP contribution in [-0.4, -0.2) is 49.6 Å². The van der Waals surface area contributed by atoms with Crippen LogP contribution < -0.4 is 15.8 Å². The van der Waals surface area contributed by atoms with Crippen LogP contribution in [0.25, 0.3) is 0 Å². The summed E-state index contributed by atoms with van der Waals surface area (Å²) in [5.74, 6) is 0.789. The number of amides is 1. The molecule has 0 bridgehead atoms. The van der Waals surface area contributed by atoms with Gasteiger partial charge in [-0.25, -0.2) is 0 Å².